The lowest BCUT2D eigenvalue weighted by Gasteiger charge is -2.07. The SMILES string of the molecule is COc1ccc(-c2ccnc(N)c2C#N)cc1F. The van der Waals surface area contributed by atoms with Crippen molar-refractivity contribution in [3.8, 4) is 22.9 Å². The summed E-state index contributed by atoms with van der Waals surface area (Å²) in [4.78, 5) is 3.83. The zero-order valence-corrected chi connectivity index (χ0v) is 9.64. The van der Waals surface area contributed by atoms with Gasteiger partial charge in [0, 0.05) is 11.8 Å². The van der Waals surface area contributed by atoms with Gasteiger partial charge in [-0.1, -0.05) is 6.07 Å². The van der Waals surface area contributed by atoms with Crippen LogP contribution in [0.4, 0.5) is 10.2 Å². The van der Waals surface area contributed by atoms with E-state index in [4.69, 9.17) is 15.7 Å². The third-order valence-corrected chi connectivity index (χ3v) is 2.55. The predicted molar refractivity (Wildman–Crippen MR) is 65.3 cm³/mol. The molecule has 18 heavy (non-hydrogen) atoms. The summed E-state index contributed by atoms with van der Waals surface area (Å²) in [6.45, 7) is 0. The fourth-order valence-corrected chi connectivity index (χ4v) is 1.67. The number of ether oxygens (including phenoxy) is 1. The Kier molecular flexibility index (Phi) is 3.11. The number of hydrogen-bond acceptors (Lipinski definition) is 4. The summed E-state index contributed by atoms with van der Waals surface area (Å²) in [6.07, 6.45) is 1.48. The number of nitrogens with two attached hydrogens (primary N) is 1. The van der Waals surface area contributed by atoms with Gasteiger partial charge in [-0.3, -0.25) is 0 Å². The van der Waals surface area contributed by atoms with Crippen LogP contribution in [0.3, 0.4) is 0 Å². The second-order valence-electron chi connectivity index (χ2n) is 3.58. The largest absolute Gasteiger partial charge is 0.494 e. The fraction of sp³-hybridized carbons (Fsp3) is 0.0769. The maximum absolute atomic E-state index is 13.6. The first-order chi connectivity index (χ1) is 8.67. The second-order valence-corrected chi connectivity index (χ2v) is 3.58. The summed E-state index contributed by atoms with van der Waals surface area (Å²) in [5, 5.41) is 9.04. The minimum Gasteiger partial charge on any atom is -0.494 e. The van der Waals surface area contributed by atoms with Crippen molar-refractivity contribution in [3.63, 3.8) is 0 Å². The zero-order chi connectivity index (χ0) is 13.1. The number of methoxy groups -OCH3 is 1. The Morgan fingerprint density at radius 1 is 1.39 bits per heavy atom. The highest BCUT2D eigenvalue weighted by Gasteiger charge is 2.11. The summed E-state index contributed by atoms with van der Waals surface area (Å²) >= 11 is 0. The Labute approximate surface area is 103 Å². The molecule has 0 radical (unpaired) electrons. The van der Waals surface area contributed by atoms with Crippen molar-refractivity contribution in [2.24, 2.45) is 0 Å². The Morgan fingerprint density at radius 3 is 2.78 bits per heavy atom. The van der Waals surface area contributed by atoms with Gasteiger partial charge in [-0.2, -0.15) is 5.26 Å². The standard InChI is InChI=1S/C13H10FN3O/c1-18-12-3-2-8(6-11(12)14)9-4-5-17-13(16)10(9)7-15/h2-6H,1H3,(H2,16,17). The topological polar surface area (TPSA) is 71.9 Å². The minimum atomic E-state index is -0.491. The summed E-state index contributed by atoms with van der Waals surface area (Å²) in [5.74, 6) is -0.209. The molecule has 0 fully saturated rings. The lowest BCUT2D eigenvalue weighted by molar-refractivity contribution is 0.386. The molecule has 0 aliphatic heterocycles. The van der Waals surface area contributed by atoms with Gasteiger partial charge in [0.15, 0.2) is 11.6 Å². The van der Waals surface area contributed by atoms with E-state index in [0.29, 0.717) is 11.1 Å². The van der Waals surface area contributed by atoms with Crippen LogP contribution in [-0.4, -0.2) is 12.1 Å². The van der Waals surface area contributed by atoms with Crippen molar-refractivity contribution in [2.75, 3.05) is 12.8 Å². The summed E-state index contributed by atoms with van der Waals surface area (Å²) in [7, 11) is 1.39. The van der Waals surface area contributed by atoms with E-state index >= 15 is 0 Å². The summed E-state index contributed by atoms with van der Waals surface area (Å²) in [5.41, 5.74) is 6.95. The zero-order valence-electron chi connectivity index (χ0n) is 9.64. The van der Waals surface area contributed by atoms with Crippen molar-refractivity contribution in [1.82, 2.24) is 4.98 Å². The molecule has 1 heterocycles. The van der Waals surface area contributed by atoms with E-state index < -0.39 is 5.82 Å². The van der Waals surface area contributed by atoms with Crippen molar-refractivity contribution >= 4 is 5.82 Å². The van der Waals surface area contributed by atoms with E-state index in [1.807, 2.05) is 6.07 Å². The highest BCUT2D eigenvalue weighted by atomic mass is 19.1. The minimum absolute atomic E-state index is 0.131. The maximum atomic E-state index is 13.6. The van der Waals surface area contributed by atoms with Gasteiger partial charge < -0.3 is 10.5 Å². The molecular formula is C13H10FN3O. The van der Waals surface area contributed by atoms with Gasteiger partial charge in [0.25, 0.3) is 0 Å². The number of hydrogen-bond donors (Lipinski definition) is 1. The van der Waals surface area contributed by atoms with Gasteiger partial charge in [-0.05, 0) is 23.8 Å². The van der Waals surface area contributed by atoms with Crippen LogP contribution < -0.4 is 10.5 Å². The molecule has 2 rings (SSSR count). The molecule has 0 saturated heterocycles. The average molecular weight is 243 g/mol. The van der Waals surface area contributed by atoms with Crippen LogP contribution in [0.15, 0.2) is 30.5 Å². The van der Waals surface area contributed by atoms with Crippen molar-refractivity contribution in [2.45, 2.75) is 0 Å². The lowest BCUT2D eigenvalue weighted by atomic mass is 10.0. The quantitative estimate of drug-likeness (QED) is 0.878. The highest BCUT2D eigenvalue weighted by molar-refractivity contribution is 5.75. The Morgan fingerprint density at radius 2 is 2.17 bits per heavy atom. The molecule has 0 aliphatic carbocycles. The number of pyridine rings is 1. The summed E-state index contributed by atoms with van der Waals surface area (Å²) in [6, 6.07) is 8.06. The maximum Gasteiger partial charge on any atom is 0.165 e. The van der Waals surface area contributed by atoms with Crippen LogP contribution in [0.1, 0.15) is 5.56 Å². The number of rotatable bonds is 2. The van der Waals surface area contributed by atoms with Crippen LogP contribution in [-0.2, 0) is 0 Å². The average Bonchev–Trinajstić information content (AvgIpc) is 2.38. The van der Waals surface area contributed by atoms with Crippen LogP contribution in [0, 0.1) is 17.1 Å². The van der Waals surface area contributed by atoms with E-state index in [1.165, 1.54) is 25.4 Å². The first-order valence-corrected chi connectivity index (χ1v) is 5.16. The Balaban J connectivity index is 2.60. The molecule has 0 spiro atoms. The smallest absolute Gasteiger partial charge is 0.165 e. The van der Waals surface area contributed by atoms with Gasteiger partial charge in [0.1, 0.15) is 17.5 Å². The van der Waals surface area contributed by atoms with Gasteiger partial charge >= 0.3 is 0 Å². The molecule has 0 atom stereocenters. The molecule has 0 bridgehead atoms. The first-order valence-electron chi connectivity index (χ1n) is 5.16. The van der Waals surface area contributed by atoms with Gasteiger partial charge in [0.05, 0.1) is 7.11 Å². The summed E-state index contributed by atoms with van der Waals surface area (Å²) < 4.78 is 18.5. The Bertz CT molecular complexity index is 635. The number of aromatic nitrogens is 1. The van der Waals surface area contributed by atoms with Crippen LogP contribution in [0.25, 0.3) is 11.1 Å². The van der Waals surface area contributed by atoms with Gasteiger partial charge in [0.2, 0.25) is 0 Å². The van der Waals surface area contributed by atoms with E-state index in [-0.39, 0.29) is 17.1 Å². The molecule has 4 nitrogen and oxygen atoms in total. The molecule has 90 valence electrons. The van der Waals surface area contributed by atoms with Crippen molar-refractivity contribution < 1.29 is 9.13 Å². The third-order valence-electron chi connectivity index (χ3n) is 2.55. The number of nitrogen functional groups attached to an aromatic ring is 1. The van der Waals surface area contributed by atoms with Gasteiger partial charge in [-0.25, -0.2) is 9.37 Å². The Hall–Kier alpha value is -2.61. The monoisotopic (exact) mass is 243 g/mol. The number of nitriles is 1. The van der Waals surface area contributed by atoms with Crippen LogP contribution in [0.5, 0.6) is 5.75 Å². The van der Waals surface area contributed by atoms with Crippen LogP contribution >= 0.6 is 0 Å². The number of halogens is 1. The van der Waals surface area contributed by atoms with E-state index in [1.54, 1.807) is 12.1 Å². The normalized spacial score (nSPS) is 9.83. The fourth-order valence-electron chi connectivity index (χ4n) is 1.67. The number of benzene rings is 1. The molecule has 2 aromatic rings. The molecule has 0 saturated carbocycles. The highest BCUT2D eigenvalue weighted by Crippen LogP contribution is 2.29. The molecule has 2 N–H and O–H groups in total. The van der Waals surface area contributed by atoms with Crippen molar-refractivity contribution in [3.05, 3.63) is 41.8 Å². The van der Waals surface area contributed by atoms with Gasteiger partial charge in [-0.15, -0.1) is 0 Å². The van der Waals surface area contributed by atoms with E-state index in [0.717, 1.165) is 0 Å². The third kappa shape index (κ3) is 1.96. The lowest BCUT2D eigenvalue weighted by Crippen LogP contribution is -1.97. The van der Waals surface area contributed by atoms with E-state index in [2.05, 4.69) is 4.98 Å². The second kappa shape index (κ2) is 4.72. The van der Waals surface area contributed by atoms with E-state index in [9.17, 15) is 4.39 Å². The molecule has 0 amide bonds. The molecule has 5 heteroatoms. The molecular weight excluding hydrogens is 233 g/mol. The number of anilines is 1. The first kappa shape index (κ1) is 11.9. The van der Waals surface area contributed by atoms with Crippen LogP contribution in [0.2, 0.25) is 0 Å². The predicted octanol–water partition coefficient (Wildman–Crippen LogP) is 2.35. The number of nitrogens with zero attached hydrogens (tertiary/aromatic N) is 2. The molecule has 1 aromatic carbocycles. The molecule has 0 unspecified atom stereocenters. The molecule has 1 aromatic heterocycles. The van der Waals surface area contributed by atoms with Crippen molar-refractivity contribution in [1.29, 1.82) is 5.26 Å². The molecule has 0 aliphatic rings.